The van der Waals surface area contributed by atoms with Crippen LogP contribution in [0.2, 0.25) is 0 Å². The van der Waals surface area contributed by atoms with E-state index in [1.54, 1.807) is 6.07 Å². The van der Waals surface area contributed by atoms with Crippen molar-refractivity contribution < 1.29 is 9.18 Å². The minimum Gasteiger partial charge on any atom is -0.294 e. The maximum absolute atomic E-state index is 13.1. The van der Waals surface area contributed by atoms with Gasteiger partial charge in [-0.2, -0.15) is 0 Å². The third-order valence-electron chi connectivity index (χ3n) is 2.46. The second-order valence-electron chi connectivity index (χ2n) is 3.77. The minimum atomic E-state index is -0.369. The van der Waals surface area contributed by atoms with Crippen molar-refractivity contribution in [3.8, 4) is 0 Å². The molecule has 0 spiro atoms. The third kappa shape index (κ3) is 3.01. The van der Waals surface area contributed by atoms with Crippen LogP contribution in [0.3, 0.4) is 0 Å². The highest BCUT2D eigenvalue weighted by Gasteiger charge is 2.12. The molecule has 0 bridgehead atoms. The van der Waals surface area contributed by atoms with Gasteiger partial charge in [0.05, 0.1) is 3.79 Å². The fourth-order valence-electron chi connectivity index (χ4n) is 1.59. The lowest BCUT2D eigenvalue weighted by atomic mass is 10.0. The Bertz CT molecular complexity index is 562. The lowest BCUT2D eigenvalue weighted by molar-refractivity contribution is 0.0993. The van der Waals surface area contributed by atoms with Gasteiger partial charge in [0.15, 0.2) is 5.78 Å². The molecule has 1 aromatic heterocycles. The van der Waals surface area contributed by atoms with E-state index < -0.39 is 0 Å². The van der Waals surface area contributed by atoms with Gasteiger partial charge in [-0.3, -0.25) is 4.79 Å². The van der Waals surface area contributed by atoms with Gasteiger partial charge >= 0.3 is 0 Å². The summed E-state index contributed by atoms with van der Waals surface area (Å²) in [5.41, 5.74) is 1.28. The van der Waals surface area contributed by atoms with Crippen molar-refractivity contribution in [3.63, 3.8) is 0 Å². The normalized spacial score (nSPS) is 10.5. The third-order valence-corrected chi connectivity index (χ3v) is 4.09. The molecule has 1 heterocycles. The number of carbonyl (C=O) groups is 1. The van der Waals surface area contributed by atoms with Gasteiger partial charge in [0, 0.05) is 16.9 Å². The van der Waals surface area contributed by atoms with Crippen LogP contribution in [0.1, 0.15) is 20.8 Å². The Morgan fingerprint density at radius 1 is 1.35 bits per heavy atom. The molecule has 1 aromatic carbocycles. The molecule has 88 valence electrons. The van der Waals surface area contributed by atoms with Crippen LogP contribution in [0.25, 0.3) is 0 Å². The van der Waals surface area contributed by atoms with E-state index in [1.807, 2.05) is 19.1 Å². The summed E-state index contributed by atoms with van der Waals surface area (Å²) in [5, 5.41) is 0. The van der Waals surface area contributed by atoms with Crippen LogP contribution in [0, 0.1) is 12.7 Å². The Morgan fingerprint density at radius 3 is 2.76 bits per heavy atom. The predicted octanol–water partition coefficient (Wildman–Crippen LogP) is 4.38. The smallest absolute Gasteiger partial charge is 0.168 e. The molecule has 0 fully saturated rings. The van der Waals surface area contributed by atoms with E-state index in [2.05, 4.69) is 15.9 Å². The molecule has 4 heteroatoms. The monoisotopic (exact) mass is 312 g/mol. The highest BCUT2D eigenvalue weighted by atomic mass is 79.9. The molecule has 0 amide bonds. The molecule has 0 aliphatic rings. The van der Waals surface area contributed by atoms with Crippen LogP contribution in [-0.2, 0) is 6.42 Å². The number of benzene rings is 1. The van der Waals surface area contributed by atoms with E-state index in [9.17, 15) is 9.18 Å². The summed E-state index contributed by atoms with van der Waals surface area (Å²) < 4.78 is 14.1. The topological polar surface area (TPSA) is 17.1 Å². The molecule has 0 atom stereocenters. The van der Waals surface area contributed by atoms with Crippen LogP contribution in [0.5, 0.6) is 0 Å². The van der Waals surface area contributed by atoms with Gasteiger partial charge in [-0.25, -0.2) is 4.39 Å². The number of ketones is 1. The predicted molar refractivity (Wildman–Crippen MR) is 71.2 cm³/mol. The first kappa shape index (κ1) is 12.5. The summed E-state index contributed by atoms with van der Waals surface area (Å²) in [6.45, 7) is 1.82. The van der Waals surface area contributed by atoms with Crippen molar-refractivity contribution in [1.82, 2.24) is 0 Å². The maximum Gasteiger partial charge on any atom is 0.168 e. The van der Waals surface area contributed by atoms with Gasteiger partial charge in [-0.1, -0.05) is 6.07 Å². The zero-order valence-corrected chi connectivity index (χ0v) is 11.6. The lowest BCUT2D eigenvalue weighted by Gasteiger charge is -2.03. The number of halogens is 2. The standard InChI is InChI=1S/C13H10BrFOS/c1-8-2-3-9(15)6-11(8)12(16)7-10-4-5-13(14)17-10/h2-6H,7H2,1H3. The first-order valence-electron chi connectivity index (χ1n) is 5.10. The van der Waals surface area contributed by atoms with E-state index in [0.29, 0.717) is 12.0 Å². The summed E-state index contributed by atoms with van der Waals surface area (Å²) >= 11 is 4.87. The highest BCUT2D eigenvalue weighted by Crippen LogP contribution is 2.24. The Hall–Kier alpha value is -1.000. The Balaban J connectivity index is 2.22. The molecular weight excluding hydrogens is 303 g/mol. The molecule has 1 nitrogen and oxygen atoms in total. The van der Waals surface area contributed by atoms with Crippen molar-refractivity contribution in [3.05, 3.63) is 55.9 Å². The van der Waals surface area contributed by atoms with E-state index in [-0.39, 0.29) is 11.6 Å². The van der Waals surface area contributed by atoms with E-state index in [4.69, 9.17) is 0 Å². The van der Waals surface area contributed by atoms with Crippen molar-refractivity contribution in [1.29, 1.82) is 0 Å². The number of hydrogen-bond acceptors (Lipinski definition) is 2. The molecule has 0 N–H and O–H groups in total. The van der Waals surface area contributed by atoms with Gasteiger partial charge in [0.1, 0.15) is 5.82 Å². The average Bonchev–Trinajstić information content (AvgIpc) is 2.67. The molecule has 0 saturated heterocycles. The van der Waals surface area contributed by atoms with Crippen molar-refractivity contribution in [2.75, 3.05) is 0 Å². The van der Waals surface area contributed by atoms with E-state index in [1.165, 1.54) is 23.5 Å². The Kier molecular flexibility index (Phi) is 3.74. The molecule has 17 heavy (non-hydrogen) atoms. The number of aryl methyl sites for hydroxylation is 1. The summed E-state index contributed by atoms with van der Waals surface area (Å²) in [6.07, 6.45) is 0.320. The van der Waals surface area contributed by atoms with Crippen LogP contribution >= 0.6 is 27.3 Å². The first-order chi connectivity index (χ1) is 8.06. The molecule has 0 saturated carbocycles. The minimum absolute atomic E-state index is 0.0450. The summed E-state index contributed by atoms with van der Waals surface area (Å²) in [6, 6.07) is 8.12. The van der Waals surface area contributed by atoms with E-state index in [0.717, 1.165) is 14.2 Å². The van der Waals surface area contributed by atoms with Gasteiger partial charge in [0.25, 0.3) is 0 Å². The molecular formula is C13H10BrFOS. The van der Waals surface area contributed by atoms with Crippen LogP contribution < -0.4 is 0 Å². The lowest BCUT2D eigenvalue weighted by Crippen LogP contribution is -2.05. The number of thiophene rings is 1. The number of hydrogen-bond donors (Lipinski definition) is 0. The van der Waals surface area contributed by atoms with Crippen LogP contribution in [0.15, 0.2) is 34.1 Å². The molecule has 0 aliphatic heterocycles. The van der Waals surface area contributed by atoms with Crippen LogP contribution in [0.4, 0.5) is 4.39 Å². The second kappa shape index (κ2) is 5.10. The quantitative estimate of drug-likeness (QED) is 0.768. The Morgan fingerprint density at radius 2 is 2.12 bits per heavy atom. The number of Topliss-reactive ketones (excluding diaryl/α,β-unsaturated/α-hetero) is 1. The fourth-order valence-corrected chi connectivity index (χ4v) is 3.08. The molecule has 2 aromatic rings. The van der Waals surface area contributed by atoms with Gasteiger partial charge in [-0.05, 0) is 52.7 Å². The molecule has 0 unspecified atom stereocenters. The number of rotatable bonds is 3. The average molecular weight is 313 g/mol. The first-order valence-corrected chi connectivity index (χ1v) is 6.71. The molecule has 2 rings (SSSR count). The van der Waals surface area contributed by atoms with Crippen LogP contribution in [-0.4, -0.2) is 5.78 Å². The SMILES string of the molecule is Cc1ccc(F)cc1C(=O)Cc1ccc(Br)s1. The fraction of sp³-hybridized carbons (Fsp3) is 0.154. The molecule has 0 aliphatic carbocycles. The summed E-state index contributed by atoms with van der Waals surface area (Å²) in [5.74, 6) is -0.414. The van der Waals surface area contributed by atoms with Gasteiger partial charge in [-0.15, -0.1) is 11.3 Å². The largest absolute Gasteiger partial charge is 0.294 e. The number of carbonyl (C=O) groups excluding carboxylic acids is 1. The van der Waals surface area contributed by atoms with Crippen molar-refractivity contribution in [2.24, 2.45) is 0 Å². The van der Waals surface area contributed by atoms with Crippen molar-refractivity contribution >= 4 is 33.0 Å². The summed E-state index contributed by atoms with van der Waals surface area (Å²) in [4.78, 5) is 13.0. The maximum atomic E-state index is 13.1. The second-order valence-corrected chi connectivity index (χ2v) is 6.31. The zero-order valence-electron chi connectivity index (χ0n) is 9.17. The van der Waals surface area contributed by atoms with Crippen molar-refractivity contribution in [2.45, 2.75) is 13.3 Å². The summed E-state index contributed by atoms with van der Waals surface area (Å²) in [7, 11) is 0. The van der Waals surface area contributed by atoms with Gasteiger partial charge < -0.3 is 0 Å². The highest BCUT2D eigenvalue weighted by molar-refractivity contribution is 9.11. The zero-order chi connectivity index (χ0) is 12.4. The van der Waals surface area contributed by atoms with Gasteiger partial charge in [0.2, 0.25) is 0 Å². The molecule has 0 radical (unpaired) electrons. The van der Waals surface area contributed by atoms with E-state index >= 15 is 0 Å². The Labute approximate surface area is 111 Å².